The van der Waals surface area contributed by atoms with E-state index in [1.165, 1.54) is 26.0 Å². The largest absolute Gasteiger partial charge is 0.487 e. The molecular formula is C35H48Cl2N6O5S. The number of aromatic nitrogens is 1. The molecule has 2 atom stereocenters. The summed E-state index contributed by atoms with van der Waals surface area (Å²) in [6, 6.07) is 10.5. The van der Waals surface area contributed by atoms with E-state index in [0.717, 1.165) is 29.5 Å². The van der Waals surface area contributed by atoms with Gasteiger partial charge in [-0.2, -0.15) is 4.72 Å². The van der Waals surface area contributed by atoms with Crippen LogP contribution in [0.1, 0.15) is 56.9 Å². The van der Waals surface area contributed by atoms with Gasteiger partial charge in [-0.3, -0.25) is 9.59 Å². The Hall–Kier alpha value is -3.00. The number of carbonyl (C=O) groups is 2. The van der Waals surface area contributed by atoms with Gasteiger partial charge < -0.3 is 25.2 Å². The van der Waals surface area contributed by atoms with Gasteiger partial charge in [0, 0.05) is 66.3 Å². The molecule has 14 heteroatoms. The number of ether oxygens (including phenoxy) is 1. The molecule has 0 aliphatic carbocycles. The van der Waals surface area contributed by atoms with Gasteiger partial charge in [-0.1, -0.05) is 35.3 Å². The zero-order valence-electron chi connectivity index (χ0n) is 29.3. The van der Waals surface area contributed by atoms with E-state index in [9.17, 15) is 18.0 Å². The standard InChI is InChI=1S/C35H48Cl2N6O5S/c1-22-19-23(2)39-33-26(22)9-8-10-29(33)48-21-27-28(36)13-14-30(32(27)37)49(46,47)40-35(4,5)34(45)43-17-15-42(16-18-43)31(44)20-25(38)12-11-24(3)41(6)7/h8-10,13-14,19,24-25,40H,11-12,15-18,20-21,38H2,1-7H3/t24?,25-/m0/s1. The summed E-state index contributed by atoms with van der Waals surface area (Å²) in [6.45, 7) is 10.1. The highest BCUT2D eigenvalue weighted by Crippen LogP contribution is 2.34. The average molecular weight is 736 g/mol. The van der Waals surface area contributed by atoms with E-state index in [0.29, 0.717) is 30.4 Å². The number of hydrogen-bond donors (Lipinski definition) is 2. The Bertz CT molecular complexity index is 1790. The Labute approximate surface area is 300 Å². The summed E-state index contributed by atoms with van der Waals surface area (Å²) >= 11 is 13.2. The number of para-hydroxylation sites is 1. The van der Waals surface area contributed by atoms with Crippen LogP contribution in [0.2, 0.25) is 10.0 Å². The van der Waals surface area contributed by atoms with Gasteiger partial charge in [-0.05, 0) is 91.4 Å². The van der Waals surface area contributed by atoms with Crippen LogP contribution < -0.4 is 15.2 Å². The maximum absolute atomic E-state index is 13.7. The molecule has 4 rings (SSSR count). The number of hydrogen-bond acceptors (Lipinski definition) is 8. The lowest BCUT2D eigenvalue weighted by Gasteiger charge is -2.39. The first-order chi connectivity index (χ1) is 22.9. The lowest BCUT2D eigenvalue weighted by Crippen LogP contribution is -2.60. The van der Waals surface area contributed by atoms with Gasteiger partial charge in [0.05, 0.1) is 5.02 Å². The molecular weight excluding hydrogens is 687 g/mol. The number of benzene rings is 2. The molecule has 11 nitrogen and oxygen atoms in total. The van der Waals surface area contributed by atoms with Crippen molar-refractivity contribution in [1.29, 1.82) is 0 Å². The molecule has 1 aromatic heterocycles. The first kappa shape index (κ1) is 38.8. The van der Waals surface area contributed by atoms with E-state index in [4.69, 9.17) is 33.7 Å². The SMILES string of the molecule is Cc1cc(C)c2cccc(OCc3c(Cl)ccc(S(=O)(=O)NC(C)(C)C(=O)N4CCN(C(=O)C[C@@H](N)CCC(C)N(C)C)CC4)c3Cl)c2n1. The van der Waals surface area contributed by atoms with Crippen LogP contribution in [0.15, 0.2) is 41.3 Å². The number of nitrogens with two attached hydrogens (primary N) is 1. The first-order valence-corrected chi connectivity index (χ1v) is 18.6. The third kappa shape index (κ3) is 9.42. The number of nitrogens with one attached hydrogen (secondary N) is 1. The third-order valence-corrected chi connectivity index (χ3v) is 11.7. The van der Waals surface area contributed by atoms with Crippen LogP contribution in [0.3, 0.4) is 0 Å². The molecule has 1 unspecified atom stereocenters. The molecule has 1 saturated heterocycles. The van der Waals surface area contributed by atoms with Crippen LogP contribution in [0.4, 0.5) is 0 Å². The van der Waals surface area contributed by atoms with Gasteiger partial charge in [0.25, 0.3) is 0 Å². The van der Waals surface area contributed by atoms with Crippen molar-refractivity contribution in [3.63, 3.8) is 0 Å². The Morgan fingerprint density at radius 2 is 1.71 bits per heavy atom. The Morgan fingerprint density at radius 1 is 1.06 bits per heavy atom. The number of amides is 2. The lowest BCUT2D eigenvalue weighted by molar-refractivity contribution is -0.142. The van der Waals surface area contributed by atoms with Gasteiger partial charge in [0.15, 0.2) is 0 Å². The predicted octanol–water partition coefficient (Wildman–Crippen LogP) is 4.91. The van der Waals surface area contributed by atoms with Crippen LogP contribution in [-0.4, -0.2) is 97.8 Å². The maximum atomic E-state index is 13.7. The van der Waals surface area contributed by atoms with Gasteiger partial charge in [0.2, 0.25) is 21.8 Å². The second-order valence-corrected chi connectivity index (χ2v) is 16.1. The molecule has 1 fully saturated rings. The average Bonchev–Trinajstić information content (AvgIpc) is 3.02. The van der Waals surface area contributed by atoms with Crippen molar-refractivity contribution < 1.29 is 22.7 Å². The summed E-state index contributed by atoms with van der Waals surface area (Å²) in [5.74, 6) is 0.0465. The van der Waals surface area contributed by atoms with Crippen LogP contribution in [0, 0.1) is 13.8 Å². The number of rotatable bonds is 13. The minimum absolute atomic E-state index is 0.0452. The number of nitrogens with zero attached hydrogens (tertiary/aromatic N) is 4. The summed E-state index contributed by atoms with van der Waals surface area (Å²) in [6.07, 6.45) is 1.88. The quantitative estimate of drug-likeness (QED) is 0.253. The highest BCUT2D eigenvalue weighted by molar-refractivity contribution is 7.89. The molecule has 0 spiro atoms. The highest BCUT2D eigenvalue weighted by Gasteiger charge is 2.39. The van der Waals surface area contributed by atoms with Crippen molar-refractivity contribution in [3.8, 4) is 5.75 Å². The molecule has 1 aliphatic heterocycles. The van der Waals surface area contributed by atoms with E-state index >= 15 is 0 Å². The number of piperazine rings is 1. The molecule has 0 saturated carbocycles. The summed E-state index contributed by atoms with van der Waals surface area (Å²) < 4.78 is 36.0. The number of carbonyl (C=O) groups excluding carboxylic acids is 2. The summed E-state index contributed by atoms with van der Waals surface area (Å²) in [7, 11) is -0.263. The monoisotopic (exact) mass is 734 g/mol. The van der Waals surface area contributed by atoms with Crippen LogP contribution in [0.25, 0.3) is 10.9 Å². The smallest absolute Gasteiger partial charge is 0.243 e. The second-order valence-electron chi connectivity index (χ2n) is 13.6. The van der Waals surface area contributed by atoms with Crippen molar-refractivity contribution in [2.24, 2.45) is 5.73 Å². The van der Waals surface area contributed by atoms with E-state index in [2.05, 4.69) is 21.5 Å². The van der Waals surface area contributed by atoms with Gasteiger partial charge >= 0.3 is 0 Å². The Balaban J connectivity index is 1.40. The number of aryl methyl sites for hydroxylation is 2. The number of fused-ring (bicyclic) bond motifs is 1. The van der Waals surface area contributed by atoms with Crippen molar-refractivity contribution in [1.82, 2.24) is 24.4 Å². The fourth-order valence-electron chi connectivity index (χ4n) is 5.90. The Kier molecular flexibility index (Phi) is 12.6. The van der Waals surface area contributed by atoms with Crippen molar-refractivity contribution in [2.75, 3.05) is 40.3 Å². The van der Waals surface area contributed by atoms with E-state index in [1.54, 1.807) is 15.9 Å². The van der Waals surface area contributed by atoms with Crippen molar-refractivity contribution in [3.05, 3.63) is 63.3 Å². The molecule has 1 aliphatic rings. The van der Waals surface area contributed by atoms with Crippen LogP contribution >= 0.6 is 23.2 Å². The van der Waals surface area contributed by atoms with Crippen molar-refractivity contribution in [2.45, 2.75) is 83.0 Å². The summed E-state index contributed by atoms with van der Waals surface area (Å²) in [5.41, 5.74) is 7.59. The molecule has 0 radical (unpaired) electrons. The molecule has 2 amide bonds. The van der Waals surface area contributed by atoms with E-state index in [1.807, 2.05) is 46.1 Å². The summed E-state index contributed by atoms with van der Waals surface area (Å²) in [4.78, 5) is 36.3. The molecule has 268 valence electrons. The van der Waals surface area contributed by atoms with E-state index < -0.39 is 21.5 Å². The minimum atomic E-state index is -4.29. The van der Waals surface area contributed by atoms with Crippen LogP contribution in [0.5, 0.6) is 5.75 Å². The van der Waals surface area contributed by atoms with Crippen LogP contribution in [-0.2, 0) is 26.2 Å². The fourth-order valence-corrected chi connectivity index (χ4v) is 8.16. The normalized spacial score (nSPS) is 15.5. The van der Waals surface area contributed by atoms with Crippen molar-refractivity contribution >= 4 is 55.9 Å². The molecule has 2 aromatic carbocycles. The first-order valence-electron chi connectivity index (χ1n) is 16.4. The fraction of sp³-hybridized carbons (Fsp3) is 0.514. The number of sulfonamides is 1. The zero-order chi connectivity index (χ0) is 36.3. The van der Waals surface area contributed by atoms with Gasteiger partial charge in [-0.25, -0.2) is 13.4 Å². The summed E-state index contributed by atoms with van der Waals surface area (Å²) in [5, 5.41) is 1.06. The van der Waals surface area contributed by atoms with E-state index in [-0.39, 0.29) is 58.6 Å². The third-order valence-electron chi connectivity index (χ3n) is 9.07. The topological polar surface area (TPSA) is 138 Å². The zero-order valence-corrected chi connectivity index (χ0v) is 31.7. The lowest BCUT2D eigenvalue weighted by atomic mass is 10.0. The Morgan fingerprint density at radius 3 is 2.37 bits per heavy atom. The highest BCUT2D eigenvalue weighted by atomic mass is 35.5. The number of halogens is 2. The van der Waals surface area contributed by atoms with Gasteiger partial charge in [0.1, 0.15) is 28.3 Å². The molecule has 0 bridgehead atoms. The van der Waals surface area contributed by atoms with Gasteiger partial charge in [-0.15, -0.1) is 0 Å². The number of pyridine rings is 1. The second kappa shape index (κ2) is 15.9. The minimum Gasteiger partial charge on any atom is -0.487 e. The maximum Gasteiger partial charge on any atom is 0.243 e. The predicted molar refractivity (Wildman–Crippen MR) is 195 cm³/mol. The molecule has 49 heavy (non-hydrogen) atoms. The molecule has 3 aromatic rings. The molecule has 2 heterocycles. The molecule has 3 N–H and O–H groups in total.